The average Bonchev–Trinajstić information content (AvgIpc) is 3.17. The van der Waals surface area contributed by atoms with E-state index in [9.17, 15) is 18.0 Å². The summed E-state index contributed by atoms with van der Waals surface area (Å²) in [5.41, 5.74) is 1.91. The van der Waals surface area contributed by atoms with Crippen LogP contribution in [0.1, 0.15) is 17.3 Å². The van der Waals surface area contributed by atoms with Gasteiger partial charge < -0.3 is 4.74 Å². The van der Waals surface area contributed by atoms with Gasteiger partial charge in [-0.2, -0.15) is 5.10 Å². The first-order valence-corrected chi connectivity index (χ1v) is 8.66. The molecule has 0 bridgehead atoms. The Morgan fingerprint density at radius 1 is 1.00 bits per heavy atom. The van der Waals surface area contributed by atoms with Crippen molar-refractivity contribution in [2.45, 2.75) is 12.4 Å². The van der Waals surface area contributed by atoms with Gasteiger partial charge in [-0.3, -0.25) is 9.79 Å². The minimum absolute atomic E-state index is 0.181. The number of hydrogen-bond acceptors (Lipinski definition) is 4. The maximum atomic E-state index is 12.5. The summed E-state index contributed by atoms with van der Waals surface area (Å²) < 4.78 is 43.1. The summed E-state index contributed by atoms with van der Waals surface area (Å²) in [4.78, 5) is 17.0. The van der Waals surface area contributed by atoms with Gasteiger partial charge in [0.2, 0.25) is 5.78 Å². The van der Waals surface area contributed by atoms with Gasteiger partial charge in [0.05, 0.1) is 23.6 Å². The smallest absolute Gasteiger partial charge is 0.406 e. The Hall–Kier alpha value is -3.68. The Bertz CT molecular complexity index is 1100. The molecule has 5 nitrogen and oxygen atoms in total. The lowest BCUT2D eigenvalue weighted by Crippen LogP contribution is -2.22. The van der Waals surface area contributed by atoms with Crippen molar-refractivity contribution in [1.82, 2.24) is 9.78 Å². The molecule has 0 saturated heterocycles. The zero-order valence-corrected chi connectivity index (χ0v) is 14.9. The standard InChI is InChI=1S/C21H14F3N3O2/c22-21(23,24)29-16-8-4-5-14(13-16)17-9-10-19(28)20(26-17)18-11-12-25-27(18)15-6-2-1-3-7-15/h1-13,17H. The molecule has 146 valence electrons. The second-order valence-corrected chi connectivity index (χ2v) is 6.23. The van der Waals surface area contributed by atoms with E-state index in [1.807, 2.05) is 30.3 Å². The fourth-order valence-corrected chi connectivity index (χ4v) is 3.03. The normalized spacial score (nSPS) is 16.6. The first-order chi connectivity index (χ1) is 13.9. The Morgan fingerprint density at radius 2 is 1.79 bits per heavy atom. The van der Waals surface area contributed by atoms with Crippen LogP contribution < -0.4 is 4.74 Å². The van der Waals surface area contributed by atoms with E-state index in [0.29, 0.717) is 11.3 Å². The summed E-state index contributed by atoms with van der Waals surface area (Å²) in [7, 11) is 0. The molecule has 1 unspecified atom stereocenters. The van der Waals surface area contributed by atoms with Gasteiger partial charge in [0.25, 0.3) is 0 Å². The molecule has 0 aliphatic carbocycles. The first-order valence-electron chi connectivity index (χ1n) is 8.66. The van der Waals surface area contributed by atoms with Crippen LogP contribution in [0.5, 0.6) is 5.75 Å². The fraction of sp³-hybridized carbons (Fsp3) is 0.0952. The number of allylic oxidation sites excluding steroid dienone is 1. The van der Waals surface area contributed by atoms with Crippen LogP contribution in [0.3, 0.4) is 0 Å². The molecular weight excluding hydrogens is 383 g/mol. The summed E-state index contributed by atoms with van der Waals surface area (Å²) in [6.45, 7) is 0. The number of ketones is 1. The number of alkyl halides is 3. The lowest BCUT2D eigenvalue weighted by atomic mass is 10.0. The number of aromatic nitrogens is 2. The van der Waals surface area contributed by atoms with Crippen LogP contribution in [0.2, 0.25) is 0 Å². The van der Waals surface area contributed by atoms with E-state index in [1.165, 1.54) is 24.3 Å². The molecule has 29 heavy (non-hydrogen) atoms. The van der Waals surface area contributed by atoms with Crippen LogP contribution >= 0.6 is 0 Å². The van der Waals surface area contributed by atoms with E-state index >= 15 is 0 Å². The van der Waals surface area contributed by atoms with Gasteiger partial charge in [0.1, 0.15) is 11.5 Å². The molecule has 1 atom stereocenters. The lowest BCUT2D eigenvalue weighted by Gasteiger charge is -2.17. The number of halogens is 3. The molecule has 3 aromatic rings. The summed E-state index contributed by atoms with van der Waals surface area (Å²) >= 11 is 0. The minimum atomic E-state index is -4.78. The Balaban J connectivity index is 1.70. The summed E-state index contributed by atoms with van der Waals surface area (Å²) in [5, 5.41) is 4.26. The van der Waals surface area contributed by atoms with E-state index in [4.69, 9.17) is 0 Å². The average molecular weight is 397 g/mol. The van der Waals surface area contributed by atoms with Crippen molar-refractivity contribution in [1.29, 1.82) is 0 Å². The maximum absolute atomic E-state index is 12.5. The Morgan fingerprint density at radius 3 is 2.55 bits per heavy atom. The highest BCUT2D eigenvalue weighted by Gasteiger charge is 2.31. The summed E-state index contributed by atoms with van der Waals surface area (Å²) in [5.74, 6) is -0.645. The molecule has 1 aliphatic rings. The largest absolute Gasteiger partial charge is 0.573 e. The number of rotatable bonds is 4. The molecule has 1 aromatic heterocycles. The van der Waals surface area contributed by atoms with Crippen molar-refractivity contribution in [3.8, 4) is 11.4 Å². The third-order valence-electron chi connectivity index (χ3n) is 4.25. The van der Waals surface area contributed by atoms with Gasteiger partial charge >= 0.3 is 6.36 Å². The van der Waals surface area contributed by atoms with Crippen molar-refractivity contribution >= 4 is 11.5 Å². The first kappa shape index (κ1) is 18.7. The molecule has 0 saturated carbocycles. The minimum Gasteiger partial charge on any atom is -0.406 e. The number of carbonyl (C=O) groups excluding carboxylic acids is 1. The number of carbonyl (C=O) groups is 1. The molecule has 0 N–H and O–H groups in total. The number of nitrogens with zero attached hydrogens (tertiary/aromatic N) is 3. The molecule has 0 spiro atoms. The molecule has 2 aromatic carbocycles. The number of para-hydroxylation sites is 1. The molecule has 8 heteroatoms. The Labute approximate surface area is 163 Å². The van der Waals surface area contributed by atoms with Gasteiger partial charge in [-0.05, 0) is 42.0 Å². The van der Waals surface area contributed by atoms with E-state index in [-0.39, 0.29) is 17.2 Å². The summed E-state index contributed by atoms with van der Waals surface area (Å²) in [6.07, 6.45) is -0.314. The van der Waals surface area contributed by atoms with Crippen LogP contribution in [0.4, 0.5) is 13.2 Å². The maximum Gasteiger partial charge on any atom is 0.573 e. The van der Waals surface area contributed by atoms with Crippen LogP contribution in [-0.2, 0) is 4.79 Å². The highest BCUT2D eigenvalue weighted by atomic mass is 19.4. The molecule has 1 aliphatic heterocycles. The Kier molecular flexibility index (Phi) is 4.75. The number of dihydropyridines is 1. The fourth-order valence-electron chi connectivity index (χ4n) is 3.03. The van der Waals surface area contributed by atoms with E-state index < -0.39 is 12.4 Å². The quantitative estimate of drug-likeness (QED) is 0.654. The molecule has 2 heterocycles. The van der Waals surface area contributed by atoms with Crippen molar-refractivity contribution in [3.05, 3.63) is 90.3 Å². The van der Waals surface area contributed by atoms with Crippen LogP contribution in [0.15, 0.2) is 84.0 Å². The van der Waals surface area contributed by atoms with E-state index in [2.05, 4.69) is 14.8 Å². The molecule has 0 radical (unpaired) electrons. The third kappa shape index (κ3) is 4.11. The van der Waals surface area contributed by atoms with Crippen molar-refractivity contribution in [2.24, 2.45) is 4.99 Å². The highest BCUT2D eigenvalue weighted by molar-refractivity contribution is 6.49. The zero-order valence-electron chi connectivity index (χ0n) is 14.9. The van der Waals surface area contributed by atoms with Crippen molar-refractivity contribution in [3.63, 3.8) is 0 Å². The van der Waals surface area contributed by atoms with Crippen LogP contribution in [0.25, 0.3) is 5.69 Å². The molecule has 4 rings (SSSR count). The topological polar surface area (TPSA) is 56.5 Å². The van der Waals surface area contributed by atoms with Crippen molar-refractivity contribution < 1.29 is 22.7 Å². The third-order valence-corrected chi connectivity index (χ3v) is 4.25. The molecule has 0 amide bonds. The lowest BCUT2D eigenvalue weighted by molar-refractivity contribution is -0.274. The van der Waals surface area contributed by atoms with Gasteiger partial charge in [-0.25, -0.2) is 4.68 Å². The number of ether oxygens (including phenoxy) is 1. The van der Waals surface area contributed by atoms with Crippen LogP contribution in [-0.4, -0.2) is 27.6 Å². The number of aliphatic imine (C=N–C) groups is 1. The second-order valence-electron chi connectivity index (χ2n) is 6.23. The van der Waals surface area contributed by atoms with Crippen molar-refractivity contribution in [2.75, 3.05) is 0 Å². The molecular formula is C21H14F3N3O2. The number of hydrogen-bond donors (Lipinski definition) is 0. The molecule has 0 fully saturated rings. The second kappa shape index (κ2) is 7.38. The SMILES string of the molecule is O=C1C=CC(c2cccc(OC(F)(F)F)c2)N=C1c1ccnn1-c1ccccc1. The highest BCUT2D eigenvalue weighted by Crippen LogP contribution is 2.29. The van der Waals surface area contributed by atoms with Gasteiger partial charge in [-0.15, -0.1) is 13.2 Å². The van der Waals surface area contributed by atoms with E-state index in [0.717, 1.165) is 5.69 Å². The van der Waals surface area contributed by atoms with E-state index in [1.54, 1.807) is 29.1 Å². The van der Waals surface area contributed by atoms with Gasteiger partial charge in [0.15, 0.2) is 0 Å². The van der Waals surface area contributed by atoms with Gasteiger partial charge in [-0.1, -0.05) is 36.4 Å². The summed E-state index contributed by atoms with van der Waals surface area (Å²) in [6, 6.07) is 15.8. The number of benzene rings is 2. The van der Waals surface area contributed by atoms with Gasteiger partial charge in [0, 0.05) is 0 Å². The monoisotopic (exact) mass is 397 g/mol. The predicted octanol–water partition coefficient (Wildman–Crippen LogP) is 4.44. The predicted molar refractivity (Wildman–Crippen MR) is 100 cm³/mol. The van der Waals surface area contributed by atoms with Crippen LogP contribution in [0, 0.1) is 0 Å². The zero-order chi connectivity index (χ0) is 20.4.